The van der Waals surface area contributed by atoms with E-state index in [4.69, 9.17) is 4.74 Å². The van der Waals surface area contributed by atoms with Crippen LogP contribution in [0.1, 0.15) is 37.9 Å². The predicted octanol–water partition coefficient (Wildman–Crippen LogP) is 5.72. The second-order valence-corrected chi connectivity index (χ2v) is 9.02. The molecule has 1 unspecified atom stereocenters. The smallest absolute Gasteiger partial charge is 0.119 e. The van der Waals surface area contributed by atoms with Crippen molar-refractivity contribution in [3.05, 3.63) is 84.2 Å². The van der Waals surface area contributed by atoms with Crippen molar-refractivity contribution in [2.45, 2.75) is 45.9 Å². The van der Waals surface area contributed by atoms with Crippen molar-refractivity contribution in [1.82, 2.24) is 9.88 Å². The second-order valence-electron chi connectivity index (χ2n) is 9.02. The summed E-state index contributed by atoms with van der Waals surface area (Å²) in [5.74, 6) is 1.63. The third-order valence-corrected chi connectivity index (χ3v) is 6.11. The van der Waals surface area contributed by atoms with E-state index < -0.39 is 0 Å². The summed E-state index contributed by atoms with van der Waals surface area (Å²) in [6, 6.07) is 23.8. The fourth-order valence-electron chi connectivity index (χ4n) is 4.31. The van der Waals surface area contributed by atoms with Gasteiger partial charge >= 0.3 is 0 Å². The molecule has 164 valence electrons. The molecule has 1 N–H and O–H groups in total. The van der Waals surface area contributed by atoms with E-state index in [2.05, 4.69) is 89.3 Å². The van der Waals surface area contributed by atoms with Crippen molar-refractivity contribution in [3.63, 3.8) is 0 Å². The van der Waals surface area contributed by atoms with Crippen molar-refractivity contribution in [2.75, 3.05) is 24.5 Å². The molecule has 4 nitrogen and oxygen atoms in total. The summed E-state index contributed by atoms with van der Waals surface area (Å²) < 4.78 is 6.00. The number of H-pyrrole nitrogens is 1. The van der Waals surface area contributed by atoms with Crippen LogP contribution in [0.3, 0.4) is 0 Å². The van der Waals surface area contributed by atoms with Gasteiger partial charge in [0.05, 0.1) is 0 Å². The number of hydrogen-bond donors (Lipinski definition) is 1. The Hall–Kier alpha value is -2.72. The molecule has 4 heteroatoms. The highest BCUT2D eigenvalue weighted by Crippen LogP contribution is 2.27. The van der Waals surface area contributed by atoms with Crippen LogP contribution >= 0.6 is 0 Å². The van der Waals surface area contributed by atoms with Gasteiger partial charge in [0.2, 0.25) is 0 Å². The summed E-state index contributed by atoms with van der Waals surface area (Å²) >= 11 is 0. The number of nitrogens with one attached hydrogen (secondary N) is 1. The topological polar surface area (TPSA) is 31.5 Å². The number of ether oxygens (including phenoxy) is 1. The van der Waals surface area contributed by atoms with Gasteiger partial charge in [-0.2, -0.15) is 0 Å². The number of nitrogens with zero attached hydrogens (tertiary/aromatic N) is 2. The van der Waals surface area contributed by atoms with E-state index in [9.17, 15) is 0 Å². The molecule has 2 heterocycles. The van der Waals surface area contributed by atoms with Crippen molar-refractivity contribution in [3.8, 4) is 5.75 Å². The average molecular weight is 418 g/mol. The number of benzene rings is 2. The largest absolute Gasteiger partial charge is 0.489 e. The third kappa shape index (κ3) is 6.14. The Labute approximate surface area is 186 Å². The third-order valence-electron chi connectivity index (χ3n) is 6.11. The molecule has 1 aliphatic rings. The molecule has 4 rings (SSSR count). The lowest BCUT2D eigenvalue weighted by Gasteiger charge is -2.32. The van der Waals surface area contributed by atoms with Gasteiger partial charge in [-0.3, -0.25) is 4.90 Å². The van der Waals surface area contributed by atoms with Crippen LogP contribution < -0.4 is 9.64 Å². The van der Waals surface area contributed by atoms with Gasteiger partial charge in [-0.25, -0.2) is 0 Å². The maximum Gasteiger partial charge on any atom is 0.119 e. The zero-order valence-electron chi connectivity index (χ0n) is 18.8. The van der Waals surface area contributed by atoms with E-state index in [0.29, 0.717) is 18.6 Å². The Morgan fingerprint density at radius 1 is 1.03 bits per heavy atom. The van der Waals surface area contributed by atoms with E-state index in [0.717, 1.165) is 31.9 Å². The minimum absolute atomic E-state index is 0.560. The lowest BCUT2D eigenvalue weighted by atomic mass is 10.1. The number of aromatic nitrogens is 1. The minimum atomic E-state index is 0.560. The standard InChI is InChI=1S/C27H35N3O/c1-22(2)14-18-30(26-15-17-29(20-26)19-24-9-6-16-28-24)25-10-12-27(13-11-25)31-21-23-7-4-3-5-8-23/h3-13,16,22,26,28H,14-15,17-21H2,1-2H3. The summed E-state index contributed by atoms with van der Waals surface area (Å²) in [7, 11) is 0. The van der Waals surface area contributed by atoms with E-state index in [-0.39, 0.29) is 0 Å². The fourth-order valence-corrected chi connectivity index (χ4v) is 4.31. The number of aromatic amines is 1. The maximum absolute atomic E-state index is 6.00. The summed E-state index contributed by atoms with van der Waals surface area (Å²) in [5.41, 5.74) is 3.80. The molecule has 3 aromatic rings. The summed E-state index contributed by atoms with van der Waals surface area (Å²) in [6.45, 7) is 9.60. The van der Waals surface area contributed by atoms with Gasteiger partial charge in [-0.15, -0.1) is 0 Å². The molecule has 31 heavy (non-hydrogen) atoms. The molecular formula is C27H35N3O. The minimum Gasteiger partial charge on any atom is -0.489 e. The van der Waals surface area contributed by atoms with Gasteiger partial charge in [0, 0.05) is 49.8 Å². The second kappa shape index (κ2) is 10.5. The molecule has 0 spiro atoms. The molecule has 1 atom stereocenters. The Bertz CT molecular complexity index is 890. The first-order chi connectivity index (χ1) is 15.2. The first-order valence-corrected chi connectivity index (χ1v) is 11.6. The molecular weight excluding hydrogens is 382 g/mol. The first-order valence-electron chi connectivity index (χ1n) is 11.6. The van der Waals surface area contributed by atoms with Crippen LogP contribution in [0.25, 0.3) is 0 Å². The molecule has 0 amide bonds. The number of likely N-dealkylation sites (tertiary alicyclic amines) is 1. The van der Waals surface area contributed by atoms with Gasteiger partial charge in [-0.1, -0.05) is 44.2 Å². The van der Waals surface area contributed by atoms with Crippen molar-refractivity contribution in [1.29, 1.82) is 0 Å². The van der Waals surface area contributed by atoms with Gasteiger partial charge in [0.25, 0.3) is 0 Å². The Morgan fingerprint density at radius 2 is 1.84 bits per heavy atom. The average Bonchev–Trinajstić information content (AvgIpc) is 3.47. The van der Waals surface area contributed by atoms with Crippen LogP contribution in [0.5, 0.6) is 5.75 Å². The molecule has 1 fully saturated rings. The summed E-state index contributed by atoms with van der Waals surface area (Å²) in [6.07, 6.45) is 4.43. The van der Waals surface area contributed by atoms with Crippen molar-refractivity contribution in [2.24, 2.45) is 5.92 Å². The highest BCUT2D eigenvalue weighted by atomic mass is 16.5. The first kappa shape index (κ1) is 21.5. The van der Waals surface area contributed by atoms with Crippen LogP contribution in [0.4, 0.5) is 5.69 Å². The van der Waals surface area contributed by atoms with Gasteiger partial charge in [-0.05, 0) is 60.7 Å². The molecule has 1 aromatic heterocycles. The number of hydrogen-bond acceptors (Lipinski definition) is 3. The van der Waals surface area contributed by atoms with Gasteiger partial charge in [0.15, 0.2) is 0 Å². The van der Waals surface area contributed by atoms with E-state index in [1.54, 1.807) is 0 Å². The van der Waals surface area contributed by atoms with Gasteiger partial charge < -0.3 is 14.6 Å². The number of anilines is 1. The van der Waals surface area contributed by atoms with Crippen LogP contribution in [-0.4, -0.2) is 35.6 Å². The molecule has 1 aliphatic heterocycles. The lowest BCUT2D eigenvalue weighted by molar-refractivity contribution is 0.306. The predicted molar refractivity (Wildman–Crippen MR) is 128 cm³/mol. The molecule has 0 bridgehead atoms. The normalized spacial score (nSPS) is 16.7. The van der Waals surface area contributed by atoms with Crippen molar-refractivity contribution >= 4 is 5.69 Å². The highest BCUT2D eigenvalue weighted by Gasteiger charge is 2.28. The van der Waals surface area contributed by atoms with E-state index in [1.165, 1.54) is 29.8 Å². The lowest BCUT2D eigenvalue weighted by Crippen LogP contribution is -2.38. The van der Waals surface area contributed by atoms with Gasteiger partial charge in [0.1, 0.15) is 12.4 Å². The zero-order valence-corrected chi connectivity index (χ0v) is 18.8. The highest BCUT2D eigenvalue weighted by molar-refractivity contribution is 5.50. The quantitative estimate of drug-likeness (QED) is 0.458. The maximum atomic E-state index is 6.00. The van der Waals surface area contributed by atoms with Crippen LogP contribution in [0.2, 0.25) is 0 Å². The fraction of sp³-hybridized carbons (Fsp3) is 0.407. The Morgan fingerprint density at radius 3 is 2.55 bits per heavy atom. The molecule has 2 aromatic carbocycles. The Kier molecular flexibility index (Phi) is 7.31. The van der Waals surface area contributed by atoms with Crippen LogP contribution in [-0.2, 0) is 13.2 Å². The molecule has 1 saturated heterocycles. The van der Waals surface area contributed by atoms with E-state index >= 15 is 0 Å². The SMILES string of the molecule is CC(C)CCN(c1ccc(OCc2ccccc2)cc1)C1CCN(Cc2ccc[nH]2)C1. The van der Waals surface area contributed by atoms with Crippen LogP contribution in [0, 0.1) is 5.92 Å². The zero-order chi connectivity index (χ0) is 21.5. The van der Waals surface area contributed by atoms with Crippen LogP contribution in [0.15, 0.2) is 72.9 Å². The van der Waals surface area contributed by atoms with E-state index in [1.807, 2.05) is 12.3 Å². The molecule has 0 aliphatic carbocycles. The monoisotopic (exact) mass is 417 g/mol. The summed E-state index contributed by atoms with van der Waals surface area (Å²) in [5, 5.41) is 0. The molecule has 0 saturated carbocycles. The Balaban J connectivity index is 1.39. The number of rotatable bonds is 10. The molecule has 0 radical (unpaired) electrons. The van der Waals surface area contributed by atoms with Crippen molar-refractivity contribution < 1.29 is 4.74 Å². The summed E-state index contributed by atoms with van der Waals surface area (Å²) in [4.78, 5) is 8.53.